The van der Waals surface area contributed by atoms with Gasteiger partial charge in [0.1, 0.15) is 0 Å². The third-order valence-electron chi connectivity index (χ3n) is 3.60. The molecule has 0 fully saturated rings. The first-order chi connectivity index (χ1) is 11.8. The number of hydrogen-bond donors (Lipinski definition) is 4. The van der Waals surface area contributed by atoms with Gasteiger partial charge in [0.15, 0.2) is 22.6 Å². The van der Waals surface area contributed by atoms with Crippen molar-refractivity contribution in [1.82, 2.24) is 0 Å². The highest BCUT2D eigenvalue weighted by Gasteiger charge is 2.44. The Labute approximate surface area is 161 Å². The van der Waals surface area contributed by atoms with Crippen LogP contribution in [0.1, 0.15) is 40.5 Å². The van der Waals surface area contributed by atoms with Gasteiger partial charge in [-0.25, -0.2) is 9.59 Å². The van der Waals surface area contributed by atoms with Gasteiger partial charge >= 0.3 is 11.9 Å². The van der Waals surface area contributed by atoms with Crippen LogP contribution in [-0.2, 0) is 19.2 Å². The largest absolute Gasteiger partial charge is 0.480 e. The zero-order valence-electron chi connectivity index (χ0n) is 15.5. The lowest BCUT2D eigenvalue weighted by atomic mass is 9.91. The number of carboxylic acid groups (broad SMARTS) is 2. The van der Waals surface area contributed by atoms with E-state index >= 15 is 0 Å². The van der Waals surface area contributed by atoms with Gasteiger partial charge in [0.25, 0.3) is 0 Å². The summed E-state index contributed by atoms with van der Waals surface area (Å²) in [5.74, 6) is -4.67. The van der Waals surface area contributed by atoms with Crippen LogP contribution in [0.4, 0.5) is 0 Å². The molecule has 8 nitrogen and oxygen atoms in total. The number of nitrogens with two attached hydrogens (primary N) is 2. The van der Waals surface area contributed by atoms with E-state index < -0.39 is 34.6 Å². The van der Waals surface area contributed by atoms with Gasteiger partial charge in [0.05, 0.1) is 0 Å². The summed E-state index contributed by atoms with van der Waals surface area (Å²) in [4.78, 5) is 47.2. The van der Waals surface area contributed by atoms with E-state index in [2.05, 4.69) is 0 Å². The van der Waals surface area contributed by atoms with E-state index in [1.807, 2.05) is 0 Å². The van der Waals surface area contributed by atoms with Gasteiger partial charge in [0.2, 0.25) is 0 Å². The first kappa shape index (κ1) is 24.9. The molecule has 0 spiro atoms. The van der Waals surface area contributed by atoms with Crippen LogP contribution in [0.15, 0.2) is 0 Å². The average Bonchev–Trinajstić information content (AvgIpc) is 2.48. The van der Waals surface area contributed by atoms with Crippen LogP contribution in [0.5, 0.6) is 0 Å². The van der Waals surface area contributed by atoms with Crippen molar-refractivity contribution < 1.29 is 29.4 Å². The molecule has 0 aliphatic heterocycles. The van der Waals surface area contributed by atoms with E-state index in [1.54, 1.807) is 27.7 Å². The molecule has 0 aromatic rings. The van der Waals surface area contributed by atoms with Crippen LogP contribution in [0.3, 0.4) is 0 Å². The fraction of sp³-hybridized carbons (Fsp3) is 0.750. The summed E-state index contributed by atoms with van der Waals surface area (Å²) < 4.78 is 0. The van der Waals surface area contributed by atoms with Crippen molar-refractivity contribution in [1.29, 1.82) is 0 Å². The summed E-state index contributed by atoms with van der Waals surface area (Å²) in [6, 6.07) is 0. The lowest BCUT2D eigenvalue weighted by molar-refractivity contribution is -0.149. The summed E-state index contributed by atoms with van der Waals surface area (Å²) in [5.41, 5.74) is 7.41. The molecule has 0 aromatic heterocycles. The lowest BCUT2D eigenvalue weighted by Crippen LogP contribution is -2.58. The van der Waals surface area contributed by atoms with Crippen LogP contribution < -0.4 is 11.5 Å². The van der Waals surface area contributed by atoms with Crippen LogP contribution in [-0.4, -0.2) is 56.3 Å². The summed E-state index contributed by atoms with van der Waals surface area (Å²) in [6.45, 7) is 7.10. The fourth-order valence-corrected chi connectivity index (χ4v) is 4.62. The highest BCUT2D eigenvalue weighted by atomic mass is 33.1. The predicted molar refractivity (Wildman–Crippen MR) is 103 cm³/mol. The van der Waals surface area contributed by atoms with Crippen LogP contribution >= 0.6 is 21.6 Å². The third kappa shape index (κ3) is 6.90. The molecule has 6 N–H and O–H groups in total. The van der Waals surface area contributed by atoms with Crippen LogP contribution in [0.25, 0.3) is 0 Å². The Kier molecular flexibility index (Phi) is 9.85. The quantitative estimate of drug-likeness (QED) is 0.198. The molecule has 2 unspecified atom stereocenters. The fourth-order valence-electron chi connectivity index (χ4n) is 1.90. The van der Waals surface area contributed by atoms with Crippen molar-refractivity contribution >= 4 is 45.1 Å². The first-order valence-corrected chi connectivity index (χ1v) is 10.6. The zero-order chi connectivity index (χ0) is 20.7. The summed E-state index contributed by atoms with van der Waals surface area (Å²) >= 11 is 0. The first-order valence-electron chi connectivity index (χ1n) is 8.13. The topological polar surface area (TPSA) is 161 Å². The number of ketones is 2. The summed E-state index contributed by atoms with van der Waals surface area (Å²) in [7, 11) is 1.84. The van der Waals surface area contributed by atoms with E-state index in [0.717, 1.165) is 21.6 Å². The maximum Gasteiger partial charge on any atom is 0.332 e. The summed E-state index contributed by atoms with van der Waals surface area (Å²) in [5, 5.41) is 18.6. The molecule has 0 aromatic carbocycles. The molecule has 0 amide bonds. The molecular weight excluding hydrogens is 380 g/mol. The number of hydrogen-bond acceptors (Lipinski definition) is 8. The Morgan fingerprint density at radius 2 is 1.04 bits per heavy atom. The molecule has 0 rings (SSSR count). The lowest BCUT2D eigenvalue weighted by Gasteiger charge is -2.25. The van der Waals surface area contributed by atoms with Crippen molar-refractivity contribution in [3.63, 3.8) is 0 Å². The highest BCUT2D eigenvalue weighted by molar-refractivity contribution is 8.76. The zero-order valence-corrected chi connectivity index (χ0v) is 17.1. The molecule has 26 heavy (non-hydrogen) atoms. The van der Waals surface area contributed by atoms with Crippen molar-refractivity contribution in [2.45, 2.75) is 51.6 Å². The van der Waals surface area contributed by atoms with Crippen LogP contribution in [0, 0.1) is 11.8 Å². The standard InChI is InChI=1S/C16H28N2O6S2/c1-9(2)5-11(19)15(17,13(21)22)7-25-26-8-16(18,14(23)24)12(20)6-10(3)4/h9-10H,5-8,17-18H2,1-4H3,(H,21,22)(H,23,24). The molecule has 10 heteroatoms. The molecule has 0 radical (unpaired) electrons. The molecule has 0 aliphatic rings. The van der Waals surface area contributed by atoms with Gasteiger partial charge in [0, 0.05) is 24.3 Å². The smallest absolute Gasteiger partial charge is 0.332 e. The molecule has 0 bridgehead atoms. The van der Waals surface area contributed by atoms with Crippen molar-refractivity contribution in [3.05, 3.63) is 0 Å². The average molecular weight is 409 g/mol. The van der Waals surface area contributed by atoms with Gasteiger partial charge < -0.3 is 21.7 Å². The Bertz CT molecular complexity index is 507. The number of carboxylic acids is 2. The Morgan fingerprint density at radius 1 is 0.769 bits per heavy atom. The molecular formula is C16H28N2O6S2. The minimum Gasteiger partial charge on any atom is -0.480 e. The van der Waals surface area contributed by atoms with Crippen molar-refractivity contribution in [2.75, 3.05) is 11.5 Å². The Balaban J connectivity index is 4.94. The number of carbonyl (C=O) groups excluding carboxylic acids is 2. The molecule has 2 atom stereocenters. The van der Waals surface area contributed by atoms with E-state index in [0.29, 0.717) is 0 Å². The van der Waals surface area contributed by atoms with E-state index in [9.17, 15) is 29.4 Å². The maximum absolute atomic E-state index is 12.1. The van der Waals surface area contributed by atoms with Gasteiger partial charge in [-0.1, -0.05) is 49.3 Å². The van der Waals surface area contributed by atoms with E-state index in [-0.39, 0.29) is 36.2 Å². The number of aliphatic carboxylic acids is 2. The van der Waals surface area contributed by atoms with Gasteiger partial charge in [-0.2, -0.15) is 0 Å². The maximum atomic E-state index is 12.1. The molecule has 0 saturated carbocycles. The second-order valence-corrected chi connectivity index (χ2v) is 9.58. The Morgan fingerprint density at radius 3 is 1.23 bits per heavy atom. The number of carbonyl (C=O) groups is 4. The molecule has 150 valence electrons. The minimum absolute atomic E-state index is 0.0247. The second kappa shape index (κ2) is 10.3. The van der Waals surface area contributed by atoms with E-state index in [4.69, 9.17) is 11.5 Å². The van der Waals surface area contributed by atoms with Crippen molar-refractivity contribution in [3.8, 4) is 0 Å². The third-order valence-corrected chi connectivity index (χ3v) is 6.12. The summed E-state index contributed by atoms with van der Waals surface area (Å²) in [6.07, 6.45) is 0.0493. The van der Waals surface area contributed by atoms with Gasteiger partial charge in [-0.05, 0) is 11.8 Å². The Hall–Kier alpha value is -1.10. The van der Waals surface area contributed by atoms with Gasteiger partial charge in [-0.3, -0.25) is 9.59 Å². The predicted octanol–water partition coefficient (Wildman–Crippen LogP) is 1.16. The van der Waals surface area contributed by atoms with Crippen molar-refractivity contribution in [2.24, 2.45) is 23.3 Å². The SMILES string of the molecule is CC(C)CC(=O)C(N)(CSSCC(N)(C(=O)O)C(=O)CC(C)C)C(=O)O. The highest BCUT2D eigenvalue weighted by Crippen LogP contribution is 2.30. The van der Waals surface area contributed by atoms with Gasteiger partial charge in [-0.15, -0.1) is 0 Å². The molecule has 0 heterocycles. The second-order valence-electron chi connectivity index (χ2n) is 7.12. The van der Waals surface area contributed by atoms with Crippen LogP contribution in [0.2, 0.25) is 0 Å². The normalized spacial score (nSPS) is 16.2. The van der Waals surface area contributed by atoms with E-state index in [1.165, 1.54) is 0 Å². The molecule has 0 saturated heterocycles. The minimum atomic E-state index is -2.07. The number of Topliss-reactive ketones (excluding diaryl/α,β-unsaturated/α-hetero) is 2. The number of rotatable bonds is 13. The monoisotopic (exact) mass is 408 g/mol. The molecule has 0 aliphatic carbocycles.